The van der Waals surface area contributed by atoms with E-state index in [0.717, 1.165) is 101 Å². The summed E-state index contributed by atoms with van der Waals surface area (Å²) < 4.78 is 34.0. The maximum absolute atomic E-state index is 12.8. The minimum atomic E-state index is -0.692. The van der Waals surface area contributed by atoms with Gasteiger partial charge in [0.2, 0.25) is 0 Å². The topological polar surface area (TPSA) is 110 Å². The van der Waals surface area contributed by atoms with E-state index in [-0.39, 0.29) is 32.0 Å². The lowest BCUT2D eigenvalue weighted by molar-refractivity contribution is -0.158. The molecule has 10 heteroatoms. The molecule has 57 heavy (non-hydrogen) atoms. The lowest BCUT2D eigenvalue weighted by atomic mass is 10.1. The van der Waals surface area contributed by atoms with Gasteiger partial charge in [-0.05, 0) is 81.3 Å². The smallest absolute Gasteiger partial charge is 0.461 e. The Hall–Kier alpha value is -3.57. The van der Waals surface area contributed by atoms with Gasteiger partial charge in [0.05, 0.1) is 26.2 Å². The molecule has 0 N–H and O–H groups in total. The molecule has 0 fully saturated rings. The maximum Gasteiger partial charge on any atom is 0.508 e. The number of nitrogens with zero attached hydrogens (tertiary/aromatic N) is 1. The molecule has 1 aromatic rings. The summed E-state index contributed by atoms with van der Waals surface area (Å²) in [7, 11) is 0. The predicted molar refractivity (Wildman–Crippen MR) is 226 cm³/mol. The van der Waals surface area contributed by atoms with Gasteiger partial charge < -0.3 is 33.3 Å². The van der Waals surface area contributed by atoms with E-state index < -0.39 is 24.5 Å². The zero-order valence-electron chi connectivity index (χ0n) is 36.1. The first kappa shape index (κ1) is 51.4. The third-order valence-electron chi connectivity index (χ3n) is 9.16. The highest BCUT2D eigenvalue weighted by Crippen LogP contribution is 2.17. The normalized spacial score (nSPS) is 11.4. The molecule has 0 aromatic heterocycles. The van der Waals surface area contributed by atoms with Crippen molar-refractivity contribution in [3.05, 3.63) is 41.8 Å². The Bertz CT molecular complexity index is 1310. The first-order chi connectivity index (χ1) is 27.7. The Balaban J connectivity index is 2.62. The molecule has 10 nitrogen and oxygen atoms in total. The number of benzene rings is 1. The fourth-order valence-electron chi connectivity index (χ4n) is 5.79. The average molecular weight is 797 g/mol. The number of ether oxygens (including phenoxy) is 6. The highest BCUT2D eigenvalue weighted by molar-refractivity contribution is 5.70. The van der Waals surface area contributed by atoms with Crippen LogP contribution < -0.4 is 0 Å². The molecule has 0 aliphatic heterocycles. The van der Waals surface area contributed by atoms with Gasteiger partial charge in [0.1, 0.15) is 19.3 Å². The van der Waals surface area contributed by atoms with Crippen LogP contribution in [0.25, 0.3) is 0 Å². The van der Waals surface area contributed by atoms with Crippen LogP contribution >= 0.6 is 0 Å². The number of rotatable bonds is 32. The summed E-state index contributed by atoms with van der Waals surface area (Å²) in [6, 6.07) is 5.50. The Morgan fingerprint density at radius 1 is 0.614 bits per heavy atom. The number of carbonyl (C=O) groups is 3. The molecule has 0 heterocycles. The largest absolute Gasteiger partial charge is 0.508 e. The molecular weight excluding hydrogens is 723 g/mol. The van der Waals surface area contributed by atoms with E-state index in [2.05, 4.69) is 70.1 Å². The van der Waals surface area contributed by atoms with Crippen molar-refractivity contribution < 1.29 is 42.8 Å². The van der Waals surface area contributed by atoms with Gasteiger partial charge >= 0.3 is 18.1 Å². The zero-order chi connectivity index (χ0) is 41.8. The van der Waals surface area contributed by atoms with Crippen molar-refractivity contribution in [2.24, 2.45) is 0 Å². The van der Waals surface area contributed by atoms with Crippen molar-refractivity contribution in [1.29, 1.82) is 0 Å². The van der Waals surface area contributed by atoms with Crippen LogP contribution in [0.2, 0.25) is 0 Å². The van der Waals surface area contributed by atoms with Crippen LogP contribution in [0.15, 0.2) is 18.2 Å². The lowest BCUT2D eigenvalue weighted by Crippen LogP contribution is -2.26. The van der Waals surface area contributed by atoms with Crippen molar-refractivity contribution >= 4 is 18.1 Å². The Kier molecular flexibility index (Phi) is 32.1. The number of hydrogen-bond donors (Lipinski definition) is 0. The molecule has 1 unspecified atom stereocenters. The van der Waals surface area contributed by atoms with Crippen LogP contribution in [-0.4, -0.2) is 74.8 Å². The minimum absolute atomic E-state index is 0.0437. The van der Waals surface area contributed by atoms with E-state index in [1.807, 2.05) is 18.2 Å². The van der Waals surface area contributed by atoms with Crippen molar-refractivity contribution in [1.82, 2.24) is 4.90 Å². The quantitative estimate of drug-likeness (QED) is 0.0230. The van der Waals surface area contributed by atoms with Crippen LogP contribution in [0.1, 0.15) is 167 Å². The summed E-state index contributed by atoms with van der Waals surface area (Å²) in [5, 5.41) is 0. The fourth-order valence-corrected chi connectivity index (χ4v) is 5.79. The summed E-state index contributed by atoms with van der Waals surface area (Å²) in [4.78, 5) is 40.3. The molecule has 0 amide bonds. The second-order valence-corrected chi connectivity index (χ2v) is 14.2. The average Bonchev–Trinajstić information content (AvgIpc) is 3.20. The van der Waals surface area contributed by atoms with E-state index in [4.69, 9.17) is 28.4 Å². The van der Waals surface area contributed by atoms with E-state index >= 15 is 0 Å². The second-order valence-electron chi connectivity index (χ2n) is 14.2. The lowest BCUT2D eigenvalue weighted by Gasteiger charge is -2.19. The summed E-state index contributed by atoms with van der Waals surface area (Å²) in [5.41, 5.74) is 2.19. The number of hydrogen-bond acceptors (Lipinski definition) is 10. The van der Waals surface area contributed by atoms with Gasteiger partial charge in [0.25, 0.3) is 0 Å². The number of unbranched alkanes of at least 4 members (excludes halogenated alkanes) is 7. The standard InChI is InChI=1S/C47H74NO9/c1-7-12-15-18-20-23-32-52-46(53-33-24-21-19-16-13-8-2)30-29-45(50)56-39-42-36-40(6)35-41(37-42)38-55-44(49)28-27-43(26-22-17-14-9-3)57-47(51)54-34-25-31-48(10-4)11-5/h35-37,43,46H,6-17,22-34,38-39H2,1-5H3. The van der Waals surface area contributed by atoms with Crippen molar-refractivity contribution in [3.8, 4) is 23.7 Å². The first-order valence-electron chi connectivity index (χ1n) is 21.7. The Morgan fingerprint density at radius 2 is 1.16 bits per heavy atom. The highest BCUT2D eigenvalue weighted by atomic mass is 16.7. The molecule has 1 aromatic carbocycles. The van der Waals surface area contributed by atoms with Gasteiger partial charge in [-0.1, -0.05) is 78.9 Å². The van der Waals surface area contributed by atoms with Crippen molar-refractivity contribution in [3.63, 3.8) is 0 Å². The summed E-state index contributed by atoms with van der Waals surface area (Å²) in [6.07, 6.45) is 12.2. The van der Waals surface area contributed by atoms with Crippen molar-refractivity contribution in [2.45, 2.75) is 176 Å². The first-order valence-corrected chi connectivity index (χ1v) is 21.7. The van der Waals surface area contributed by atoms with Crippen LogP contribution in [-0.2, 0) is 51.2 Å². The number of carbonyl (C=O) groups excluding carboxylic acids is 3. The molecule has 1 rings (SSSR count). The predicted octanol–water partition coefficient (Wildman–Crippen LogP) is 10.3. The van der Waals surface area contributed by atoms with Crippen molar-refractivity contribution in [2.75, 3.05) is 39.5 Å². The van der Waals surface area contributed by atoms with Crippen LogP contribution in [0.4, 0.5) is 4.79 Å². The van der Waals surface area contributed by atoms with Crippen LogP contribution in [0.5, 0.6) is 0 Å². The van der Waals surface area contributed by atoms with Gasteiger partial charge in [0, 0.05) is 45.1 Å². The van der Waals surface area contributed by atoms with Crippen LogP contribution in [0.3, 0.4) is 0 Å². The molecule has 1 atom stereocenters. The highest BCUT2D eigenvalue weighted by Gasteiger charge is 2.19. The molecule has 0 spiro atoms. The van der Waals surface area contributed by atoms with Crippen LogP contribution in [0, 0.1) is 30.6 Å². The fraction of sp³-hybridized carbons (Fsp3) is 0.702. The SMILES string of the molecule is [CH2]c1cc(COC(=O)CCC(CCCCCC)OC(=O)OCCCN(CC)CC)cc(COC(=O)CCC(OCCC#CCCCC)OCCC#CCCCC)c1. The van der Waals surface area contributed by atoms with E-state index in [1.54, 1.807) is 0 Å². The summed E-state index contributed by atoms with van der Waals surface area (Å²) in [5.74, 6) is 11.8. The molecule has 0 aliphatic carbocycles. The second kappa shape index (κ2) is 35.6. The van der Waals surface area contributed by atoms with Gasteiger partial charge in [0.15, 0.2) is 6.29 Å². The zero-order valence-corrected chi connectivity index (χ0v) is 36.1. The summed E-state index contributed by atoms with van der Waals surface area (Å²) in [6.45, 7) is 18.7. The third-order valence-corrected chi connectivity index (χ3v) is 9.16. The third kappa shape index (κ3) is 29.3. The molecule has 1 radical (unpaired) electrons. The molecular formula is C47H74NO9. The molecule has 321 valence electrons. The van der Waals surface area contributed by atoms with E-state index in [1.165, 1.54) is 0 Å². The minimum Gasteiger partial charge on any atom is -0.461 e. The van der Waals surface area contributed by atoms with Gasteiger partial charge in [-0.2, -0.15) is 0 Å². The van der Waals surface area contributed by atoms with E-state index in [9.17, 15) is 14.4 Å². The van der Waals surface area contributed by atoms with Gasteiger partial charge in [-0.25, -0.2) is 4.79 Å². The Labute approximate surface area is 345 Å². The summed E-state index contributed by atoms with van der Waals surface area (Å²) >= 11 is 0. The number of esters is 2. The molecule has 0 saturated heterocycles. The molecule has 0 aliphatic rings. The molecule has 0 saturated carbocycles. The van der Waals surface area contributed by atoms with Gasteiger partial charge in [-0.3, -0.25) is 9.59 Å². The van der Waals surface area contributed by atoms with E-state index in [0.29, 0.717) is 57.5 Å². The maximum atomic E-state index is 12.8. The monoisotopic (exact) mass is 797 g/mol. The Morgan fingerprint density at radius 3 is 1.70 bits per heavy atom. The van der Waals surface area contributed by atoms with Gasteiger partial charge in [-0.15, -0.1) is 23.7 Å². The molecule has 0 bridgehead atoms.